The van der Waals surface area contributed by atoms with Gasteiger partial charge in [-0.25, -0.2) is 4.99 Å². The van der Waals surface area contributed by atoms with Gasteiger partial charge < -0.3 is 20.4 Å². The Morgan fingerprint density at radius 2 is 1.81 bits per heavy atom. The average Bonchev–Trinajstić information content (AvgIpc) is 2.57. The van der Waals surface area contributed by atoms with Crippen molar-refractivity contribution in [3.8, 4) is 0 Å². The van der Waals surface area contributed by atoms with E-state index in [0.717, 1.165) is 51.5 Å². The average molecular weight is 369 g/mol. The predicted molar refractivity (Wildman–Crippen MR) is 105 cm³/mol. The fraction of sp³-hybridized carbons (Fsp3) is 0.833. The van der Waals surface area contributed by atoms with Crippen LogP contribution >= 0.6 is 0 Å². The number of amides is 2. The van der Waals surface area contributed by atoms with Gasteiger partial charge in [0, 0.05) is 52.9 Å². The molecule has 0 aromatic carbocycles. The standard InChI is InChI=1S/C18H36N6O2/c1-6-7-8-19-18(20-13-17(26)22(4)5)24-11-9-23(10-12-24)14-16(25)21-15(2)3/h15H,6-14H2,1-5H3,(H,19,20)(H,21,25). The molecule has 2 N–H and O–H groups in total. The predicted octanol–water partition coefficient (Wildman–Crippen LogP) is -0.0375. The zero-order chi connectivity index (χ0) is 19.5. The highest BCUT2D eigenvalue weighted by Gasteiger charge is 2.21. The second-order valence-electron chi connectivity index (χ2n) is 7.19. The first-order chi connectivity index (χ1) is 12.3. The number of carbonyl (C=O) groups excluding carboxylic acids is 2. The van der Waals surface area contributed by atoms with Crippen LogP contribution in [0.1, 0.15) is 33.6 Å². The Hall–Kier alpha value is -1.83. The summed E-state index contributed by atoms with van der Waals surface area (Å²) in [7, 11) is 3.48. The van der Waals surface area contributed by atoms with E-state index in [9.17, 15) is 9.59 Å². The monoisotopic (exact) mass is 368 g/mol. The van der Waals surface area contributed by atoms with Crippen molar-refractivity contribution in [2.75, 3.05) is 59.9 Å². The summed E-state index contributed by atoms with van der Waals surface area (Å²) in [5.41, 5.74) is 0. The lowest BCUT2D eigenvalue weighted by molar-refractivity contribution is -0.127. The summed E-state index contributed by atoms with van der Waals surface area (Å²) in [5, 5.41) is 6.30. The van der Waals surface area contributed by atoms with E-state index in [1.54, 1.807) is 19.0 Å². The summed E-state index contributed by atoms with van der Waals surface area (Å²) in [6.07, 6.45) is 2.17. The molecule has 0 bridgehead atoms. The van der Waals surface area contributed by atoms with Crippen molar-refractivity contribution in [3.05, 3.63) is 0 Å². The number of carbonyl (C=O) groups is 2. The van der Waals surface area contributed by atoms with E-state index in [1.807, 2.05) is 13.8 Å². The molecule has 26 heavy (non-hydrogen) atoms. The lowest BCUT2D eigenvalue weighted by atomic mass is 10.3. The molecule has 0 atom stereocenters. The molecule has 0 spiro atoms. The lowest BCUT2D eigenvalue weighted by Gasteiger charge is -2.36. The molecule has 1 rings (SSSR count). The largest absolute Gasteiger partial charge is 0.356 e. The Kier molecular flexibility index (Phi) is 10.0. The van der Waals surface area contributed by atoms with E-state index >= 15 is 0 Å². The molecular formula is C18H36N6O2. The number of unbranched alkanes of at least 4 members (excludes halogenated alkanes) is 1. The van der Waals surface area contributed by atoms with Gasteiger partial charge in [0.15, 0.2) is 5.96 Å². The Morgan fingerprint density at radius 1 is 1.15 bits per heavy atom. The smallest absolute Gasteiger partial charge is 0.243 e. The number of nitrogens with one attached hydrogen (secondary N) is 2. The van der Waals surface area contributed by atoms with Crippen LogP contribution in [0.5, 0.6) is 0 Å². The highest BCUT2D eigenvalue weighted by atomic mass is 16.2. The summed E-state index contributed by atoms with van der Waals surface area (Å²) in [4.78, 5) is 34.1. The maximum absolute atomic E-state index is 11.9. The van der Waals surface area contributed by atoms with Crippen LogP contribution in [-0.4, -0.2) is 98.4 Å². The van der Waals surface area contributed by atoms with E-state index in [0.29, 0.717) is 6.54 Å². The van der Waals surface area contributed by atoms with E-state index in [4.69, 9.17) is 0 Å². The third-order valence-corrected chi connectivity index (χ3v) is 4.17. The molecule has 1 aliphatic heterocycles. The normalized spacial score (nSPS) is 15.9. The molecule has 0 radical (unpaired) electrons. The molecule has 0 unspecified atom stereocenters. The number of aliphatic imine (C=N–C) groups is 1. The number of guanidine groups is 1. The summed E-state index contributed by atoms with van der Waals surface area (Å²) < 4.78 is 0. The number of hydrogen-bond acceptors (Lipinski definition) is 4. The van der Waals surface area contributed by atoms with Gasteiger partial charge in [0.05, 0.1) is 6.54 Å². The van der Waals surface area contributed by atoms with Gasteiger partial charge in [-0.1, -0.05) is 13.3 Å². The fourth-order valence-electron chi connectivity index (χ4n) is 2.62. The molecule has 0 saturated carbocycles. The molecule has 8 nitrogen and oxygen atoms in total. The van der Waals surface area contributed by atoms with Crippen LogP contribution in [0.2, 0.25) is 0 Å². The minimum Gasteiger partial charge on any atom is -0.356 e. The summed E-state index contributed by atoms with van der Waals surface area (Å²) in [6.45, 7) is 10.7. The number of piperazine rings is 1. The molecular weight excluding hydrogens is 332 g/mol. The fourth-order valence-corrected chi connectivity index (χ4v) is 2.62. The quantitative estimate of drug-likeness (QED) is 0.357. The number of nitrogens with zero attached hydrogens (tertiary/aromatic N) is 4. The third kappa shape index (κ3) is 8.51. The topological polar surface area (TPSA) is 80.3 Å². The Balaban J connectivity index is 2.56. The molecule has 1 heterocycles. The Morgan fingerprint density at radius 3 is 2.35 bits per heavy atom. The van der Waals surface area contributed by atoms with Gasteiger partial charge >= 0.3 is 0 Å². The summed E-state index contributed by atoms with van der Waals surface area (Å²) in [6, 6.07) is 0.166. The highest BCUT2D eigenvalue weighted by molar-refractivity contribution is 5.85. The number of rotatable bonds is 8. The molecule has 0 aliphatic carbocycles. The lowest BCUT2D eigenvalue weighted by Crippen LogP contribution is -2.54. The first-order valence-electron chi connectivity index (χ1n) is 9.58. The maximum atomic E-state index is 11.9. The van der Waals surface area contributed by atoms with Gasteiger partial charge in [-0.3, -0.25) is 14.5 Å². The molecule has 0 aromatic rings. The number of likely N-dealkylation sites (N-methyl/N-ethyl adjacent to an activating group) is 1. The van der Waals surface area contributed by atoms with Crippen LogP contribution in [0.3, 0.4) is 0 Å². The molecule has 0 aromatic heterocycles. The Labute approximate surface area is 158 Å². The first-order valence-corrected chi connectivity index (χ1v) is 9.58. The van der Waals surface area contributed by atoms with Crippen LogP contribution in [0.15, 0.2) is 4.99 Å². The summed E-state index contributed by atoms with van der Waals surface area (Å²) in [5.74, 6) is 0.851. The first kappa shape index (κ1) is 22.2. The van der Waals surface area contributed by atoms with Crippen molar-refractivity contribution < 1.29 is 9.59 Å². The van der Waals surface area contributed by atoms with Gasteiger partial charge in [-0.05, 0) is 20.3 Å². The second-order valence-corrected chi connectivity index (χ2v) is 7.19. The van der Waals surface area contributed by atoms with E-state index < -0.39 is 0 Å². The highest BCUT2D eigenvalue weighted by Crippen LogP contribution is 2.03. The molecule has 1 saturated heterocycles. The van der Waals surface area contributed by atoms with Crippen LogP contribution < -0.4 is 10.6 Å². The van der Waals surface area contributed by atoms with E-state index in [2.05, 4.69) is 32.3 Å². The van der Waals surface area contributed by atoms with Gasteiger partial charge in [0.2, 0.25) is 11.8 Å². The minimum absolute atomic E-state index is 0.0104. The molecule has 1 fully saturated rings. The zero-order valence-corrected chi connectivity index (χ0v) is 17.0. The molecule has 8 heteroatoms. The van der Waals surface area contributed by atoms with Crippen LogP contribution in [0, 0.1) is 0 Å². The zero-order valence-electron chi connectivity index (χ0n) is 17.0. The van der Waals surface area contributed by atoms with Crippen molar-refractivity contribution in [3.63, 3.8) is 0 Å². The summed E-state index contributed by atoms with van der Waals surface area (Å²) >= 11 is 0. The van der Waals surface area contributed by atoms with Gasteiger partial charge in [-0.2, -0.15) is 0 Å². The van der Waals surface area contributed by atoms with Crippen LogP contribution in [-0.2, 0) is 9.59 Å². The van der Waals surface area contributed by atoms with Crippen molar-refractivity contribution in [1.29, 1.82) is 0 Å². The van der Waals surface area contributed by atoms with E-state index in [1.165, 1.54) is 0 Å². The Bertz CT molecular complexity index is 470. The van der Waals surface area contributed by atoms with Crippen LogP contribution in [0.4, 0.5) is 0 Å². The van der Waals surface area contributed by atoms with Gasteiger partial charge in [0.1, 0.15) is 6.54 Å². The maximum Gasteiger partial charge on any atom is 0.243 e. The van der Waals surface area contributed by atoms with Gasteiger partial charge in [0.25, 0.3) is 0 Å². The van der Waals surface area contributed by atoms with Gasteiger partial charge in [-0.15, -0.1) is 0 Å². The molecule has 150 valence electrons. The molecule has 1 aliphatic rings. The van der Waals surface area contributed by atoms with Crippen molar-refractivity contribution >= 4 is 17.8 Å². The van der Waals surface area contributed by atoms with Crippen molar-refractivity contribution in [2.45, 2.75) is 39.7 Å². The second kappa shape index (κ2) is 11.7. The molecule has 2 amide bonds. The van der Waals surface area contributed by atoms with E-state index in [-0.39, 0.29) is 24.4 Å². The minimum atomic E-state index is -0.0104. The third-order valence-electron chi connectivity index (χ3n) is 4.17. The van der Waals surface area contributed by atoms with Crippen molar-refractivity contribution in [2.24, 2.45) is 4.99 Å². The SMILES string of the molecule is CCCCNC(=NCC(=O)N(C)C)N1CCN(CC(=O)NC(C)C)CC1. The number of hydrogen-bond donors (Lipinski definition) is 2. The van der Waals surface area contributed by atoms with Crippen LogP contribution in [0.25, 0.3) is 0 Å². The van der Waals surface area contributed by atoms with Crippen molar-refractivity contribution in [1.82, 2.24) is 25.3 Å².